The Morgan fingerprint density at radius 2 is 1.76 bits per heavy atom. The van der Waals surface area contributed by atoms with Crippen LogP contribution in [-0.2, 0) is 21.1 Å². The Kier molecular flexibility index (Phi) is 8.29. The van der Waals surface area contributed by atoms with Crippen LogP contribution in [0, 0.1) is 35.7 Å². The molecule has 2 aliphatic heterocycles. The lowest BCUT2D eigenvalue weighted by molar-refractivity contribution is -0.149. The number of nitriles is 1. The quantitative estimate of drug-likeness (QED) is 0.280. The minimum Gasteiger partial charge on any atom is -0.462 e. The average molecular weight is 565 g/mol. The van der Waals surface area contributed by atoms with Crippen molar-refractivity contribution in [1.82, 2.24) is 4.90 Å². The van der Waals surface area contributed by atoms with E-state index < -0.39 is 29.2 Å². The third-order valence-corrected chi connectivity index (χ3v) is 9.26. The molecule has 0 N–H and O–H groups in total. The maximum Gasteiger partial charge on any atom is 0.416 e. The zero-order chi connectivity index (χ0) is 29.2. The summed E-state index contributed by atoms with van der Waals surface area (Å²) >= 11 is 0. The zero-order valence-electron chi connectivity index (χ0n) is 23.2. The highest BCUT2D eigenvalue weighted by molar-refractivity contribution is 5.66. The first-order valence-corrected chi connectivity index (χ1v) is 14.3. The maximum absolute atomic E-state index is 13.7. The van der Waals surface area contributed by atoms with Crippen molar-refractivity contribution in [3.63, 3.8) is 0 Å². The summed E-state index contributed by atoms with van der Waals surface area (Å²) in [5.74, 6) is -0.415. The smallest absolute Gasteiger partial charge is 0.416 e. The van der Waals surface area contributed by atoms with Crippen molar-refractivity contribution >= 4 is 17.3 Å². The van der Waals surface area contributed by atoms with Crippen LogP contribution in [0.5, 0.6) is 0 Å². The van der Waals surface area contributed by atoms with Gasteiger partial charge in [-0.05, 0) is 74.9 Å². The van der Waals surface area contributed by atoms with E-state index in [0.29, 0.717) is 42.9 Å². The van der Waals surface area contributed by atoms with Crippen LogP contribution in [0.1, 0.15) is 50.2 Å². The van der Waals surface area contributed by atoms with Gasteiger partial charge in [0.05, 0.1) is 23.6 Å². The molecule has 5 rings (SSSR count). The zero-order valence-corrected chi connectivity index (χ0v) is 23.2. The number of rotatable bonds is 7. The van der Waals surface area contributed by atoms with Gasteiger partial charge >= 0.3 is 12.1 Å². The molecule has 9 heteroatoms. The fraction of sp³-hybridized carbons (Fsp3) is 0.531. The summed E-state index contributed by atoms with van der Waals surface area (Å²) in [5.41, 5.74) is 0.202. The predicted molar refractivity (Wildman–Crippen MR) is 149 cm³/mol. The van der Waals surface area contributed by atoms with E-state index >= 15 is 0 Å². The molecular weight excluding hydrogens is 529 g/mol. The van der Waals surface area contributed by atoms with Crippen molar-refractivity contribution in [2.75, 3.05) is 37.6 Å². The molecule has 1 aliphatic carbocycles. The number of benzene rings is 2. The SMILES string of the molecule is [C-]#[N+]c1ccc(N2CC(CN3CCC(C(C#N)(c4cccc(C(F)(F)F)c4)[C@@H]4CCC[C@H]4OC(C)=O)CC3)C2)cc1. The van der Waals surface area contributed by atoms with Crippen LogP contribution in [0.3, 0.4) is 0 Å². The van der Waals surface area contributed by atoms with Crippen molar-refractivity contribution in [2.45, 2.75) is 56.7 Å². The van der Waals surface area contributed by atoms with Crippen LogP contribution >= 0.6 is 0 Å². The van der Waals surface area contributed by atoms with E-state index in [9.17, 15) is 23.2 Å². The minimum absolute atomic E-state index is 0.146. The molecule has 41 heavy (non-hydrogen) atoms. The van der Waals surface area contributed by atoms with Gasteiger partial charge in [0.1, 0.15) is 6.10 Å². The van der Waals surface area contributed by atoms with Gasteiger partial charge in [-0.1, -0.05) is 30.3 Å². The van der Waals surface area contributed by atoms with Crippen LogP contribution in [0.25, 0.3) is 4.85 Å². The number of ether oxygens (including phenoxy) is 1. The molecule has 1 saturated carbocycles. The summed E-state index contributed by atoms with van der Waals surface area (Å²) in [5, 5.41) is 10.8. The summed E-state index contributed by atoms with van der Waals surface area (Å²) in [6.45, 7) is 12.8. The molecule has 3 fully saturated rings. The number of halogens is 3. The number of carbonyl (C=O) groups is 1. The van der Waals surface area contributed by atoms with Gasteiger partial charge in [-0.15, -0.1) is 0 Å². The van der Waals surface area contributed by atoms with Crippen molar-refractivity contribution < 1.29 is 22.7 Å². The van der Waals surface area contributed by atoms with E-state index in [4.69, 9.17) is 11.3 Å². The first-order chi connectivity index (χ1) is 19.6. The topological polar surface area (TPSA) is 60.9 Å². The van der Waals surface area contributed by atoms with Crippen LogP contribution in [-0.4, -0.2) is 49.7 Å². The van der Waals surface area contributed by atoms with Gasteiger partial charge in [-0.2, -0.15) is 18.4 Å². The van der Waals surface area contributed by atoms with E-state index in [1.165, 1.54) is 13.0 Å². The molecule has 2 aromatic carbocycles. The number of likely N-dealkylation sites (tertiary alicyclic amines) is 1. The predicted octanol–water partition coefficient (Wildman–Crippen LogP) is 6.60. The largest absolute Gasteiger partial charge is 0.462 e. The number of piperidine rings is 1. The Balaban J connectivity index is 1.30. The molecule has 216 valence electrons. The molecule has 3 aliphatic rings. The third kappa shape index (κ3) is 5.92. The second-order valence-corrected chi connectivity index (χ2v) is 11.7. The number of hydrogen-bond donors (Lipinski definition) is 0. The molecule has 1 unspecified atom stereocenters. The molecule has 0 bridgehead atoms. The third-order valence-electron chi connectivity index (χ3n) is 9.26. The molecule has 6 nitrogen and oxygen atoms in total. The van der Waals surface area contributed by atoms with Crippen LogP contribution in [0.15, 0.2) is 48.5 Å². The van der Waals surface area contributed by atoms with Crippen molar-refractivity contribution in [3.05, 3.63) is 71.1 Å². The molecular formula is C32H35F3N4O2. The number of nitrogens with zero attached hydrogens (tertiary/aromatic N) is 4. The molecule has 2 saturated heterocycles. The Morgan fingerprint density at radius 1 is 1.07 bits per heavy atom. The van der Waals surface area contributed by atoms with Gasteiger partial charge in [-0.25, -0.2) is 4.85 Å². The molecule has 0 amide bonds. The summed E-state index contributed by atoms with van der Waals surface area (Å²) in [7, 11) is 0. The second kappa shape index (κ2) is 11.7. The Bertz CT molecular complexity index is 1320. The summed E-state index contributed by atoms with van der Waals surface area (Å²) in [6, 6.07) is 15.4. The Labute approximate surface area is 239 Å². The van der Waals surface area contributed by atoms with Gasteiger partial charge in [0.15, 0.2) is 5.69 Å². The maximum atomic E-state index is 13.7. The first kappa shape index (κ1) is 29.0. The summed E-state index contributed by atoms with van der Waals surface area (Å²) in [4.78, 5) is 20.1. The van der Waals surface area contributed by atoms with Crippen molar-refractivity contribution in [1.29, 1.82) is 5.26 Å². The van der Waals surface area contributed by atoms with Crippen LogP contribution in [0.2, 0.25) is 0 Å². The molecule has 0 aromatic heterocycles. The normalized spacial score (nSPS) is 23.7. The molecule has 3 atom stereocenters. The van der Waals surface area contributed by atoms with Crippen LogP contribution in [0.4, 0.5) is 24.5 Å². The van der Waals surface area contributed by atoms with Gasteiger partial charge in [0.25, 0.3) is 0 Å². The monoisotopic (exact) mass is 564 g/mol. The van der Waals surface area contributed by atoms with Gasteiger partial charge in [0, 0.05) is 44.1 Å². The van der Waals surface area contributed by atoms with E-state index in [2.05, 4.69) is 20.7 Å². The van der Waals surface area contributed by atoms with E-state index in [1.54, 1.807) is 6.07 Å². The lowest BCUT2D eigenvalue weighted by Crippen LogP contribution is -2.54. The first-order valence-electron chi connectivity index (χ1n) is 14.3. The lowest BCUT2D eigenvalue weighted by atomic mass is 9.59. The van der Waals surface area contributed by atoms with Gasteiger partial charge in [0.2, 0.25) is 0 Å². The van der Waals surface area contributed by atoms with Crippen molar-refractivity contribution in [2.24, 2.45) is 17.8 Å². The number of hydrogen-bond acceptors (Lipinski definition) is 5. The number of anilines is 1. The fourth-order valence-corrected chi connectivity index (χ4v) is 7.32. The molecule has 0 spiro atoms. The fourth-order valence-electron chi connectivity index (χ4n) is 7.32. The minimum atomic E-state index is -4.51. The highest BCUT2D eigenvalue weighted by Gasteiger charge is 2.53. The number of carbonyl (C=O) groups excluding carboxylic acids is 1. The van der Waals surface area contributed by atoms with Crippen LogP contribution < -0.4 is 4.90 Å². The van der Waals surface area contributed by atoms with E-state index in [-0.39, 0.29) is 11.8 Å². The standard InChI is InChI=1S/C32H35F3N4O2/c1-22(40)41-30-8-4-7-29(30)31(21-36,25-5-3-6-26(17-25)32(33,34)35)24-13-15-38(16-14-24)18-23-19-39(20-23)28-11-9-27(37-2)10-12-28/h3,5-6,9-12,17,23-24,29-30H,4,7-8,13-16,18-20H2,1H3/t29-,30-,31?/m1/s1. The number of alkyl halides is 3. The molecule has 2 aromatic rings. The summed E-state index contributed by atoms with van der Waals surface area (Å²) < 4.78 is 46.9. The second-order valence-electron chi connectivity index (χ2n) is 11.7. The van der Waals surface area contributed by atoms with Gasteiger partial charge < -0.3 is 14.5 Å². The Hall–Kier alpha value is -3.56. The highest BCUT2D eigenvalue weighted by Crippen LogP contribution is 2.51. The Morgan fingerprint density at radius 3 is 2.37 bits per heavy atom. The van der Waals surface area contributed by atoms with E-state index in [0.717, 1.165) is 57.0 Å². The molecule has 0 radical (unpaired) electrons. The van der Waals surface area contributed by atoms with Gasteiger partial charge in [-0.3, -0.25) is 4.79 Å². The summed E-state index contributed by atoms with van der Waals surface area (Å²) in [6.07, 6.45) is -1.59. The highest BCUT2D eigenvalue weighted by atomic mass is 19.4. The average Bonchev–Trinajstić information content (AvgIpc) is 3.39. The molecule has 2 heterocycles. The van der Waals surface area contributed by atoms with Crippen molar-refractivity contribution in [3.8, 4) is 6.07 Å². The number of esters is 1. The lowest BCUT2D eigenvalue weighted by Gasteiger charge is -2.48. The van der Waals surface area contributed by atoms with E-state index in [1.807, 2.05) is 24.3 Å².